The first kappa shape index (κ1) is 13.3. The normalized spacial score (nSPS) is 10.7. The topological polar surface area (TPSA) is 53.6 Å². The van der Waals surface area contributed by atoms with E-state index in [1.807, 2.05) is 31.2 Å². The molecule has 0 spiro atoms. The number of thiophene rings is 1. The monoisotopic (exact) mass is 348 g/mol. The number of aromatic nitrogens is 3. The Morgan fingerprint density at radius 2 is 2.20 bits per heavy atom. The van der Waals surface area contributed by atoms with Crippen molar-refractivity contribution in [3.63, 3.8) is 0 Å². The van der Waals surface area contributed by atoms with Crippen molar-refractivity contribution in [2.24, 2.45) is 0 Å². The van der Waals surface area contributed by atoms with E-state index in [2.05, 4.69) is 47.9 Å². The van der Waals surface area contributed by atoms with Gasteiger partial charge in [-0.1, -0.05) is 12.1 Å². The highest BCUT2D eigenvalue weighted by atomic mass is 79.9. The lowest BCUT2D eigenvalue weighted by Gasteiger charge is -2.09. The van der Waals surface area contributed by atoms with Crippen molar-refractivity contribution in [3.05, 3.63) is 50.9 Å². The third-order valence-corrected chi connectivity index (χ3v) is 4.42. The van der Waals surface area contributed by atoms with E-state index < -0.39 is 0 Å². The van der Waals surface area contributed by atoms with Crippen LogP contribution in [0.2, 0.25) is 0 Å². The first-order valence-electron chi connectivity index (χ1n) is 6.17. The molecule has 0 aliphatic carbocycles. The molecule has 0 saturated carbocycles. The molecule has 0 fully saturated rings. The molecule has 0 bridgehead atoms. The van der Waals surface area contributed by atoms with Gasteiger partial charge in [0.2, 0.25) is 0 Å². The molecule has 3 aromatic rings. The minimum absolute atomic E-state index is 0.720. The minimum Gasteiger partial charge on any atom is -0.380 e. The third-order valence-electron chi connectivity index (χ3n) is 2.87. The van der Waals surface area contributed by atoms with Gasteiger partial charge < -0.3 is 5.32 Å². The van der Waals surface area contributed by atoms with Crippen molar-refractivity contribution in [1.29, 1.82) is 0 Å². The molecule has 0 unspecified atom stereocenters. The summed E-state index contributed by atoms with van der Waals surface area (Å²) in [5.41, 5.74) is 3.29. The van der Waals surface area contributed by atoms with E-state index >= 15 is 0 Å². The number of anilines is 1. The zero-order valence-electron chi connectivity index (χ0n) is 10.9. The van der Waals surface area contributed by atoms with Gasteiger partial charge in [0, 0.05) is 17.8 Å². The maximum Gasteiger partial charge on any atom is 0.183 e. The number of benzene rings is 1. The van der Waals surface area contributed by atoms with Crippen LogP contribution in [0.3, 0.4) is 0 Å². The first-order valence-corrected chi connectivity index (χ1v) is 7.85. The van der Waals surface area contributed by atoms with Crippen molar-refractivity contribution in [3.8, 4) is 11.4 Å². The highest BCUT2D eigenvalue weighted by molar-refractivity contribution is 9.11. The van der Waals surface area contributed by atoms with E-state index in [9.17, 15) is 0 Å². The van der Waals surface area contributed by atoms with Crippen molar-refractivity contribution in [2.75, 3.05) is 5.32 Å². The fraction of sp³-hybridized carbons (Fsp3) is 0.143. The molecule has 2 heterocycles. The molecule has 0 saturated heterocycles. The Morgan fingerprint density at radius 3 is 2.90 bits per heavy atom. The van der Waals surface area contributed by atoms with Gasteiger partial charge in [-0.25, -0.2) is 4.98 Å². The lowest BCUT2D eigenvalue weighted by molar-refractivity contribution is 1.04. The lowest BCUT2D eigenvalue weighted by atomic mass is 10.1. The molecule has 20 heavy (non-hydrogen) atoms. The van der Waals surface area contributed by atoms with E-state index in [4.69, 9.17) is 0 Å². The van der Waals surface area contributed by atoms with Crippen molar-refractivity contribution in [1.82, 2.24) is 15.2 Å². The second kappa shape index (κ2) is 5.76. The average molecular weight is 349 g/mol. The van der Waals surface area contributed by atoms with Crippen LogP contribution in [0.15, 0.2) is 39.5 Å². The largest absolute Gasteiger partial charge is 0.380 e. The summed E-state index contributed by atoms with van der Waals surface area (Å²) in [7, 11) is 0. The Hall–Kier alpha value is -1.66. The highest BCUT2D eigenvalue weighted by Gasteiger charge is 2.09. The molecule has 0 amide bonds. The number of rotatable bonds is 4. The summed E-state index contributed by atoms with van der Waals surface area (Å²) >= 11 is 5.17. The lowest BCUT2D eigenvalue weighted by Crippen LogP contribution is -2.00. The minimum atomic E-state index is 0.720. The quantitative estimate of drug-likeness (QED) is 0.742. The summed E-state index contributed by atoms with van der Waals surface area (Å²) in [5, 5.41) is 12.7. The van der Waals surface area contributed by atoms with Crippen LogP contribution < -0.4 is 5.32 Å². The summed E-state index contributed by atoms with van der Waals surface area (Å²) in [6, 6.07) is 10.2. The summed E-state index contributed by atoms with van der Waals surface area (Å²) in [4.78, 5) is 4.39. The van der Waals surface area contributed by atoms with Crippen molar-refractivity contribution in [2.45, 2.75) is 13.5 Å². The summed E-state index contributed by atoms with van der Waals surface area (Å²) in [5.74, 6) is 1.54. The number of nitrogens with zero attached hydrogens (tertiary/aromatic N) is 2. The van der Waals surface area contributed by atoms with Gasteiger partial charge in [0.15, 0.2) is 5.82 Å². The molecule has 0 aliphatic rings. The maximum absolute atomic E-state index is 4.39. The fourth-order valence-electron chi connectivity index (χ4n) is 1.93. The van der Waals surface area contributed by atoms with Crippen molar-refractivity contribution >= 4 is 33.0 Å². The Kier molecular flexibility index (Phi) is 3.84. The predicted molar refractivity (Wildman–Crippen MR) is 85.9 cm³/mol. The van der Waals surface area contributed by atoms with Gasteiger partial charge in [-0.15, -0.1) is 11.3 Å². The number of nitrogens with one attached hydrogen (secondary N) is 2. The summed E-state index contributed by atoms with van der Waals surface area (Å²) in [6.07, 6.45) is 0. The van der Waals surface area contributed by atoms with Crippen LogP contribution in [0, 0.1) is 6.92 Å². The number of hydrogen-bond donors (Lipinski definition) is 2. The Balaban J connectivity index is 1.83. The van der Waals surface area contributed by atoms with E-state index in [0.717, 1.165) is 33.2 Å². The molecule has 102 valence electrons. The number of aryl methyl sites for hydroxylation is 1. The maximum atomic E-state index is 4.39. The SMILES string of the molecule is Cc1nc(-c2ccccc2NCc2csc(Br)c2)n[nH]1. The van der Waals surface area contributed by atoms with Gasteiger partial charge in [0.05, 0.1) is 3.79 Å². The molecule has 6 heteroatoms. The number of para-hydroxylation sites is 1. The van der Waals surface area contributed by atoms with Crippen LogP contribution in [0.25, 0.3) is 11.4 Å². The van der Waals surface area contributed by atoms with Crippen LogP contribution in [0.1, 0.15) is 11.4 Å². The number of hydrogen-bond acceptors (Lipinski definition) is 4. The number of halogens is 1. The Morgan fingerprint density at radius 1 is 1.35 bits per heavy atom. The van der Waals surface area contributed by atoms with E-state index in [0.29, 0.717) is 0 Å². The zero-order valence-corrected chi connectivity index (χ0v) is 13.3. The zero-order chi connectivity index (χ0) is 13.9. The molecule has 0 atom stereocenters. The fourth-order valence-corrected chi connectivity index (χ4v) is 3.14. The molecule has 0 aliphatic heterocycles. The predicted octanol–water partition coefficient (Wildman–Crippen LogP) is 4.22. The average Bonchev–Trinajstić information content (AvgIpc) is 3.06. The smallest absolute Gasteiger partial charge is 0.183 e. The van der Waals surface area contributed by atoms with E-state index in [1.54, 1.807) is 11.3 Å². The molecule has 4 nitrogen and oxygen atoms in total. The van der Waals surface area contributed by atoms with Crippen LogP contribution in [-0.4, -0.2) is 15.2 Å². The second-order valence-corrected chi connectivity index (χ2v) is 6.69. The molecule has 2 aromatic heterocycles. The molecule has 3 rings (SSSR count). The first-order chi connectivity index (χ1) is 9.72. The Labute approximate surface area is 129 Å². The van der Waals surface area contributed by atoms with Gasteiger partial charge in [-0.3, -0.25) is 5.10 Å². The van der Waals surface area contributed by atoms with Gasteiger partial charge in [-0.2, -0.15) is 5.10 Å². The number of aromatic amines is 1. The van der Waals surface area contributed by atoms with Gasteiger partial charge >= 0.3 is 0 Å². The van der Waals surface area contributed by atoms with Gasteiger partial charge in [0.25, 0.3) is 0 Å². The highest BCUT2D eigenvalue weighted by Crippen LogP contribution is 2.26. The summed E-state index contributed by atoms with van der Waals surface area (Å²) in [6.45, 7) is 2.68. The molecule has 2 N–H and O–H groups in total. The Bertz CT molecular complexity index is 719. The summed E-state index contributed by atoms with van der Waals surface area (Å²) < 4.78 is 1.15. The van der Waals surface area contributed by atoms with Crippen LogP contribution >= 0.6 is 27.3 Å². The van der Waals surface area contributed by atoms with Crippen LogP contribution in [0.5, 0.6) is 0 Å². The molecule has 0 radical (unpaired) electrons. The van der Waals surface area contributed by atoms with E-state index in [-0.39, 0.29) is 0 Å². The molecular formula is C14H13BrN4S. The standard InChI is InChI=1S/C14H13BrN4S/c1-9-17-14(19-18-9)11-4-2-3-5-12(11)16-7-10-6-13(15)20-8-10/h2-6,8,16H,7H2,1H3,(H,17,18,19). The van der Waals surface area contributed by atoms with Gasteiger partial charge in [0.1, 0.15) is 5.82 Å². The third kappa shape index (κ3) is 2.91. The van der Waals surface area contributed by atoms with Crippen molar-refractivity contribution < 1.29 is 0 Å². The molecular weight excluding hydrogens is 336 g/mol. The van der Waals surface area contributed by atoms with Crippen LogP contribution in [-0.2, 0) is 6.54 Å². The van der Waals surface area contributed by atoms with Crippen LogP contribution in [0.4, 0.5) is 5.69 Å². The van der Waals surface area contributed by atoms with Gasteiger partial charge in [-0.05, 0) is 52.0 Å². The second-order valence-electron chi connectivity index (χ2n) is 4.40. The van der Waals surface area contributed by atoms with E-state index in [1.165, 1.54) is 5.56 Å². The number of H-pyrrole nitrogens is 1. The molecule has 1 aromatic carbocycles.